The average molecular weight is 609 g/mol. The molecule has 3 aromatic rings. The number of carboxylic acids is 1. The van der Waals surface area contributed by atoms with Crippen molar-refractivity contribution in [1.82, 2.24) is 19.9 Å². The Hall–Kier alpha value is -4.67. The fourth-order valence-electron chi connectivity index (χ4n) is 6.15. The number of aliphatic carboxylic acids is 1. The third-order valence-corrected chi connectivity index (χ3v) is 8.57. The minimum atomic E-state index is -1.23. The van der Waals surface area contributed by atoms with Crippen molar-refractivity contribution in [3.63, 3.8) is 0 Å². The molecule has 0 spiro atoms. The molecule has 1 aliphatic carbocycles. The molecule has 0 atom stereocenters. The van der Waals surface area contributed by atoms with Gasteiger partial charge in [0.25, 0.3) is 0 Å². The number of carbonyl (C=O) groups excluding carboxylic acids is 2. The third-order valence-electron chi connectivity index (χ3n) is 8.57. The van der Waals surface area contributed by atoms with Crippen LogP contribution < -0.4 is 20.2 Å². The van der Waals surface area contributed by atoms with Crippen LogP contribution in [0.3, 0.4) is 0 Å². The molecule has 2 aliphatic heterocycles. The molecular weight excluding hydrogens is 581 g/mol. The number of aryl methyl sites for hydroxylation is 2. The van der Waals surface area contributed by atoms with Gasteiger partial charge < -0.3 is 29.7 Å². The molecule has 0 saturated heterocycles. The third kappa shape index (κ3) is 4.85. The normalized spacial score (nSPS) is 13.7. The zero-order chi connectivity index (χ0) is 31.6. The van der Waals surface area contributed by atoms with Gasteiger partial charge in [0.2, 0.25) is 0 Å². The summed E-state index contributed by atoms with van der Waals surface area (Å²) in [6.45, 7) is 15.5. The van der Waals surface area contributed by atoms with Crippen molar-refractivity contribution in [2.75, 3.05) is 7.11 Å². The number of ether oxygens (including phenoxy) is 1. The van der Waals surface area contributed by atoms with E-state index in [1.54, 1.807) is 25.1 Å². The van der Waals surface area contributed by atoms with E-state index in [4.69, 9.17) is 24.7 Å². The molecule has 45 heavy (non-hydrogen) atoms. The van der Waals surface area contributed by atoms with Crippen LogP contribution in [0.5, 0.6) is 0 Å². The summed E-state index contributed by atoms with van der Waals surface area (Å²) in [6.07, 6.45) is 3.26. The van der Waals surface area contributed by atoms with E-state index in [0.29, 0.717) is 61.6 Å². The smallest absolute Gasteiger partial charge is 0.871 e. The Morgan fingerprint density at radius 1 is 0.889 bits per heavy atom. The summed E-state index contributed by atoms with van der Waals surface area (Å²) in [5.41, 5.74) is 9.87. The van der Waals surface area contributed by atoms with E-state index in [1.807, 2.05) is 32.9 Å². The van der Waals surface area contributed by atoms with Crippen molar-refractivity contribution in [2.45, 2.75) is 40.5 Å². The molecule has 0 aromatic carbocycles. The number of hydrogen-bond acceptors (Lipinski definition) is 7. The predicted octanol–water partition coefficient (Wildman–Crippen LogP) is 3.74. The van der Waals surface area contributed by atoms with Crippen LogP contribution >= 0.6 is 0 Å². The van der Waals surface area contributed by atoms with Crippen molar-refractivity contribution < 1.29 is 24.5 Å². The van der Waals surface area contributed by atoms with E-state index in [1.165, 1.54) is 7.11 Å². The van der Waals surface area contributed by atoms with Gasteiger partial charge >= 0.3 is 29.0 Å². The van der Waals surface area contributed by atoms with Crippen LogP contribution in [0.2, 0.25) is 0 Å². The number of allylic oxidation sites excluding steroid dienone is 5. The Kier molecular flexibility index (Phi) is 8.24. The van der Waals surface area contributed by atoms with E-state index in [0.717, 1.165) is 22.3 Å². The van der Waals surface area contributed by atoms with Gasteiger partial charge in [-0.3, -0.25) is 0 Å². The molecule has 3 aromatic heterocycles. The Bertz CT molecular complexity index is 2140. The molecule has 0 unspecified atom stereocenters. The number of aromatic nitrogens is 4. The van der Waals surface area contributed by atoms with Gasteiger partial charge in [-0.25, -0.2) is 14.8 Å². The summed E-state index contributed by atoms with van der Waals surface area (Å²) in [7, 11) is 1.20. The first-order valence-electron chi connectivity index (χ1n) is 14.1. The number of nitrogens with zero attached hydrogens (tertiary/aromatic N) is 4. The fourth-order valence-corrected chi connectivity index (χ4v) is 6.15. The predicted molar refractivity (Wildman–Crippen MR) is 173 cm³/mol. The Morgan fingerprint density at radius 2 is 1.53 bits per heavy atom. The minimum absolute atomic E-state index is 0. The molecule has 0 saturated carbocycles. The topological polar surface area (TPSA) is 143 Å². The molecule has 6 rings (SSSR count). The van der Waals surface area contributed by atoms with Crippen molar-refractivity contribution in [3.05, 3.63) is 88.0 Å². The second-order valence-electron chi connectivity index (χ2n) is 10.9. The number of esters is 1. The van der Waals surface area contributed by atoms with Crippen molar-refractivity contribution >= 4 is 96.8 Å². The van der Waals surface area contributed by atoms with Crippen LogP contribution in [-0.4, -0.2) is 52.1 Å². The average Bonchev–Trinajstić information content (AvgIpc) is 3.72. The van der Waals surface area contributed by atoms with Gasteiger partial charge in [0, 0.05) is 17.1 Å². The molecule has 9 nitrogen and oxygen atoms in total. The number of carbonyl (C=O) groups is 2. The second-order valence-corrected chi connectivity index (χ2v) is 10.9. The summed E-state index contributed by atoms with van der Waals surface area (Å²) >= 11 is 0. The molecule has 10 heteroatoms. The van der Waals surface area contributed by atoms with Gasteiger partial charge in [-0.15, -0.1) is 22.1 Å². The molecule has 0 N–H and O–H groups in total. The van der Waals surface area contributed by atoms with Crippen LogP contribution in [0.1, 0.15) is 77.3 Å². The summed E-state index contributed by atoms with van der Waals surface area (Å²) in [5, 5.41) is 25.4. The molecule has 8 bridgehead atoms. The number of hydrogen-bond donors (Lipinski definition) is 0. The SMILES string of the molecule is C=CC1=C(C)c2cc3[n-]c(cc4nc(c5c6[n-]c(cc1n2)c(C)c6C([O-])=C5C(=O)OC)C(CCC(=O)[O-])=C4C)c(C)c3C=C.[Mg+2]. The molecule has 3 aliphatic rings. The molecule has 5 heterocycles. The summed E-state index contributed by atoms with van der Waals surface area (Å²) < 4.78 is 5.04. The van der Waals surface area contributed by atoms with E-state index in [2.05, 4.69) is 13.2 Å². The first-order chi connectivity index (χ1) is 21.0. The Balaban J connectivity index is 0.00000400. The van der Waals surface area contributed by atoms with Crippen LogP contribution in [-0.2, 0) is 14.3 Å². The standard InChI is InChI=1S/C35H32N4O5.Mg/c1-8-19-15(3)22-12-24-17(5)21(10-11-28(40)41)32(38-24)30-31(35(43)44-7)34(42)29-18(6)25(39-33(29)30)14-27-20(9-2)16(4)23(37-27)13-26(19)36-22;/h8-9,12-14H,1-2,10-11H2,3-7H3,(H4,36,37,38,39,40,41,42,43);/q;+2/p-4. The van der Waals surface area contributed by atoms with Crippen molar-refractivity contribution in [1.29, 1.82) is 0 Å². The van der Waals surface area contributed by atoms with Crippen LogP contribution in [0, 0.1) is 13.8 Å². The number of carboxylic acid groups (broad SMARTS) is 1. The van der Waals surface area contributed by atoms with Gasteiger partial charge in [0.15, 0.2) is 0 Å². The first kappa shape index (κ1) is 31.7. The molecule has 222 valence electrons. The summed E-state index contributed by atoms with van der Waals surface area (Å²) in [6, 6.07) is 5.53. The molecular formula is C35H28MgN4O5-2. The van der Waals surface area contributed by atoms with E-state index in [9.17, 15) is 19.8 Å². The van der Waals surface area contributed by atoms with Crippen LogP contribution in [0.25, 0.3) is 61.8 Å². The number of methoxy groups -OCH3 is 1. The second kappa shape index (κ2) is 11.7. The fraction of sp³-hybridized carbons (Fsp3) is 0.200. The molecule has 0 amide bonds. The Labute approximate surface area is 275 Å². The van der Waals surface area contributed by atoms with Crippen LogP contribution in [0.15, 0.2) is 37.4 Å². The zero-order valence-corrected chi connectivity index (χ0v) is 27.2. The van der Waals surface area contributed by atoms with Crippen LogP contribution in [0.4, 0.5) is 0 Å². The number of fused-ring (bicyclic) bond motifs is 8. The summed E-state index contributed by atoms with van der Waals surface area (Å²) in [4.78, 5) is 44.2. The first-order valence-corrected chi connectivity index (χ1v) is 14.1. The maximum absolute atomic E-state index is 13.9. The van der Waals surface area contributed by atoms with Crippen molar-refractivity contribution in [3.8, 4) is 0 Å². The van der Waals surface area contributed by atoms with Gasteiger partial charge in [0.1, 0.15) is 0 Å². The minimum Gasteiger partial charge on any atom is -0.871 e. The maximum Gasteiger partial charge on any atom is 2.00 e. The summed E-state index contributed by atoms with van der Waals surface area (Å²) in [5.74, 6) is -2.58. The van der Waals surface area contributed by atoms with Gasteiger partial charge in [-0.2, -0.15) is 0 Å². The van der Waals surface area contributed by atoms with Gasteiger partial charge in [-0.1, -0.05) is 60.4 Å². The largest absolute Gasteiger partial charge is 2.00 e. The molecule has 0 radical (unpaired) electrons. The molecule has 0 fully saturated rings. The van der Waals surface area contributed by atoms with Gasteiger partial charge in [-0.05, 0) is 68.4 Å². The quantitative estimate of drug-likeness (QED) is 0.302. The van der Waals surface area contributed by atoms with E-state index >= 15 is 0 Å². The number of rotatable bonds is 6. The van der Waals surface area contributed by atoms with Crippen molar-refractivity contribution in [2.24, 2.45) is 0 Å². The Morgan fingerprint density at radius 3 is 2.18 bits per heavy atom. The zero-order valence-electron chi connectivity index (χ0n) is 25.8. The van der Waals surface area contributed by atoms with E-state index in [-0.39, 0.29) is 52.6 Å². The van der Waals surface area contributed by atoms with Gasteiger partial charge in [0.05, 0.1) is 35.5 Å². The monoisotopic (exact) mass is 608 g/mol. The maximum atomic E-state index is 13.9. The van der Waals surface area contributed by atoms with E-state index < -0.39 is 17.7 Å².